The molecule has 0 atom stereocenters. The van der Waals surface area contributed by atoms with Crippen LogP contribution >= 0.6 is 0 Å². The van der Waals surface area contributed by atoms with E-state index in [-0.39, 0.29) is 24.1 Å². The van der Waals surface area contributed by atoms with Crippen molar-refractivity contribution in [2.45, 2.75) is 26.8 Å². The number of hydrogen-bond donors (Lipinski definition) is 1. The maximum absolute atomic E-state index is 13.8. The smallest absolute Gasteiger partial charge is 0.254 e. The van der Waals surface area contributed by atoms with Gasteiger partial charge in [0.2, 0.25) is 0 Å². The molecular formula is C15H19FN2O. The molecule has 0 bridgehead atoms. The summed E-state index contributed by atoms with van der Waals surface area (Å²) in [5.41, 5.74) is 5.84. The van der Waals surface area contributed by atoms with Gasteiger partial charge in [-0.05, 0) is 39.0 Å². The van der Waals surface area contributed by atoms with Crippen LogP contribution < -0.4 is 5.73 Å². The summed E-state index contributed by atoms with van der Waals surface area (Å²) >= 11 is 0. The summed E-state index contributed by atoms with van der Waals surface area (Å²) in [6.07, 6.45) is 0. The lowest BCUT2D eigenvalue weighted by atomic mass is 10.1. The molecule has 1 aromatic carbocycles. The number of halogens is 1. The Balaban J connectivity index is 3.03. The molecule has 0 aliphatic heterocycles. The second-order valence-electron chi connectivity index (χ2n) is 4.39. The minimum atomic E-state index is -0.494. The topological polar surface area (TPSA) is 46.3 Å². The van der Waals surface area contributed by atoms with Crippen molar-refractivity contribution in [2.75, 3.05) is 13.1 Å². The minimum Gasteiger partial charge on any atom is -0.337 e. The minimum absolute atomic E-state index is 0.0808. The number of carbonyl (C=O) groups excluding carboxylic acids is 1. The van der Waals surface area contributed by atoms with Gasteiger partial charge in [-0.25, -0.2) is 4.39 Å². The van der Waals surface area contributed by atoms with Crippen LogP contribution in [-0.4, -0.2) is 29.9 Å². The van der Waals surface area contributed by atoms with Crippen LogP contribution in [0.2, 0.25) is 0 Å². The van der Waals surface area contributed by atoms with Crippen molar-refractivity contribution in [1.29, 1.82) is 0 Å². The quantitative estimate of drug-likeness (QED) is 0.847. The molecular weight excluding hydrogens is 243 g/mol. The van der Waals surface area contributed by atoms with E-state index in [1.165, 1.54) is 12.1 Å². The molecule has 1 amide bonds. The van der Waals surface area contributed by atoms with E-state index in [9.17, 15) is 9.18 Å². The van der Waals surface area contributed by atoms with Gasteiger partial charge in [-0.2, -0.15) is 0 Å². The molecule has 1 rings (SSSR count). The summed E-state index contributed by atoms with van der Waals surface area (Å²) in [5, 5.41) is 0. The van der Waals surface area contributed by atoms with Crippen LogP contribution in [0.25, 0.3) is 0 Å². The highest BCUT2D eigenvalue weighted by atomic mass is 19.1. The molecule has 0 aliphatic rings. The van der Waals surface area contributed by atoms with Gasteiger partial charge in [0.05, 0.1) is 12.1 Å². The van der Waals surface area contributed by atoms with E-state index < -0.39 is 5.82 Å². The third kappa shape index (κ3) is 3.80. The molecule has 0 spiro atoms. The fraction of sp³-hybridized carbons (Fsp3) is 0.400. The fourth-order valence-electron chi connectivity index (χ4n) is 1.80. The molecule has 2 N–H and O–H groups in total. The van der Waals surface area contributed by atoms with Crippen LogP contribution in [0.4, 0.5) is 4.39 Å². The zero-order valence-corrected chi connectivity index (χ0v) is 11.5. The van der Waals surface area contributed by atoms with E-state index >= 15 is 0 Å². The van der Waals surface area contributed by atoms with Crippen molar-refractivity contribution in [3.05, 3.63) is 35.1 Å². The van der Waals surface area contributed by atoms with Crippen LogP contribution in [0.5, 0.6) is 0 Å². The van der Waals surface area contributed by atoms with Gasteiger partial charge < -0.3 is 10.6 Å². The zero-order chi connectivity index (χ0) is 14.4. The van der Waals surface area contributed by atoms with E-state index in [1.807, 2.05) is 20.8 Å². The Kier molecular flexibility index (Phi) is 5.53. The summed E-state index contributed by atoms with van der Waals surface area (Å²) < 4.78 is 13.8. The summed E-state index contributed by atoms with van der Waals surface area (Å²) in [5.74, 6) is 4.55. The number of amides is 1. The Morgan fingerprint density at radius 1 is 1.47 bits per heavy atom. The first-order valence-electron chi connectivity index (χ1n) is 6.30. The van der Waals surface area contributed by atoms with E-state index in [1.54, 1.807) is 11.0 Å². The standard InChI is InChI=1S/C15H19FN2O/c1-4-18(11(2)3)15(19)13-8-7-12(6-5-9-17)14(16)10-13/h7-8,10-11H,4,9,17H2,1-3H3. The van der Waals surface area contributed by atoms with Crippen molar-refractivity contribution in [3.63, 3.8) is 0 Å². The van der Waals surface area contributed by atoms with Crippen molar-refractivity contribution in [1.82, 2.24) is 4.90 Å². The number of rotatable bonds is 3. The van der Waals surface area contributed by atoms with Crippen LogP contribution in [0, 0.1) is 17.7 Å². The predicted molar refractivity (Wildman–Crippen MR) is 74.2 cm³/mol. The van der Waals surface area contributed by atoms with Crippen LogP contribution in [-0.2, 0) is 0 Å². The third-order valence-electron chi connectivity index (χ3n) is 2.77. The van der Waals surface area contributed by atoms with Gasteiger partial charge in [-0.15, -0.1) is 0 Å². The Morgan fingerprint density at radius 3 is 2.63 bits per heavy atom. The lowest BCUT2D eigenvalue weighted by molar-refractivity contribution is 0.0716. The molecule has 0 saturated heterocycles. The summed E-state index contributed by atoms with van der Waals surface area (Å²) in [6, 6.07) is 4.42. The molecule has 3 nitrogen and oxygen atoms in total. The molecule has 0 unspecified atom stereocenters. The fourth-order valence-corrected chi connectivity index (χ4v) is 1.80. The van der Waals surface area contributed by atoms with Crippen molar-refractivity contribution in [3.8, 4) is 11.8 Å². The second kappa shape index (κ2) is 6.91. The van der Waals surface area contributed by atoms with E-state index in [0.717, 1.165) is 0 Å². The molecule has 0 fully saturated rings. The van der Waals surface area contributed by atoms with Crippen molar-refractivity contribution in [2.24, 2.45) is 5.73 Å². The number of nitrogens with two attached hydrogens (primary N) is 1. The molecule has 102 valence electrons. The van der Waals surface area contributed by atoms with Gasteiger partial charge in [-0.3, -0.25) is 4.79 Å². The third-order valence-corrected chi connectivity index (χ3v) is 2.77. The molecule has 1 aromatic rings. The zero-order valence-electron chi connectivity index (χ0n) is 11.5. The number of benzene rings is 1. The van der Waals surface area contributed by atoms with Gasteiger partial charge >= 0.3 is 0 Å². The van der Waals surface area contributed by atoms with E-state index in [2.05, 4.69) is 11.8 Å². The first-order valence-corrected chi connectivity index (χ1v) is 6.30. The lowest BCUT2D eigenvalue weighted by Gasteiger charge is -2.25. The molecule has 19 heavy (non-hydrogen) atoms. The Bertz CT molecular complexity index is 515. The molecule has 0 aromatic heterocycles. The number of carbonyl (C=O) groups is 1. The Morgan fingerprint density at radius 2 is 2.16 bits per heavy atom. The van der Waals surface area contributed by atoms with Crippen LogP contribution in [0.3, 0.4) is 0 Å². The second-order valence-corrected chi connectivity index (χ2v) is 4.39. The molecule has 0 saturated carbocycles. The highest BCUT2D eigenvalue weighted by molar-refractivity contribution is 5.94. The van der Waals surface area contributed by atoms with E-state index in [4.69, 9.17) is 5.73 Å². The highest BCUT2D eigenvalue weighted by Crippen LogP contribution is 2.13. The largest absolute Gasteiger partial charge is 0.337 e. The summed E-state index contributed by atoms with van der Waals surface area (Å²) in [4.78, 5) is 13.9. The van der Waals surface area contributed by atoms with E-state index in [0.29, 0.717) is 12.1 Å². The highest BCUT2D eigenvalue weighted by Gasteiger charge is 2.17. The first kappa shape index (κ1) is 15.2. The molecule has 0 aliphatic carbocycles. The van der Waals surface area contributed by atoms with Crippen molar-refractivity contribution < 1.29 is 9.18 Å². The monoisotopic (exact) mass is 262 g/mol. The molecule has 4 heteroatoms. The molecule has 0 heterocycles. The van der Waals surface area contributed by atoms with Crippen molar-refractivity contribution >= 4 is 5.91 Å². The van der Waals surface area contributed by atoms with Gasteiger partial charge in [0, 0.05) is 18.2 Å². The van der Waals surface area contributed by atoms with Gasteiger partial charge in [-0.1, -0.05) is 11.8 Å². The van der Waals surface area contributed by atoms with Gasteiger partial charge in [0.25, 0.3) is 5.91 Å². The Hall–Kier alpha value is -1.86. The summed E-state index contributed by atoms with van der Waals surface area (Å²) in [6.45, 7) is 6.52. The number of hydrogen-bond acceptors (Lipinski definition) is 2. The van der Waals surface area contributed by atoms with Gasteiger partial charge in [0.1, 0.15) is 5.82 Å². The maximum Gasteiger partial charge on any atom is 0.254 e. The summed E-state index contributed by atoms with van der Waals surface area (Å²) in [7, 11) is 0. The maximum atomic E-state index is 13.8. The normalized spacial score (nSPS) is 10.0. The van der Waals surface area contributed by atoms with Gasteiger partial charge in [0.15, 0.2) is 0 Å². The predicted octanol–water partition coefficient (Wildman–Crippen LogP) is 2.01. The number of nitrogens with zero attached hydrogens (tertiary/aromatic N) is 1. The SMILES string of the molecule is CCN(C(=O)c1ccc(C#CCN)c(F)c1)C(C)C. The Labute approximate surface area is 113 Å². The lowest BCUT2D eigenvalue weighted by Crippen LogP contribution is -2.36. The first-order chi connectivity index (χ1) is 9.01. The average Bonchev–Trinajstić information content (AvgIpc) is 2.37. The average molecular weight is 262 g/mol. The van der Waals surface area contributed by atoms with Crippen LogP contribution in [0.15, 0.2) is 18.2 Å². The van der Waals surface area contributed by atoms with Crippen LogP contribution in [0.1, 0.15) is 36.7 Å². The molecule has 0 radical (unpaired) electrons.